The normalized spacial score (nSPS) is 16.3. The molecule has 0 aromatic heterocycles. The van der Waals surface area contributed by atoms with Crippen molar-refractivity contribution in [1.82, 2.24) is 9.80 Å². The Hall–Kier alpha value is -2.08. The molecule has 0 atom stereocenters. The molecule has 1 amide bonds. The number of hydrogen-bond acceptors (Lipinski definition) is 4. The predicted molar refractivity (Wildman–Crippen MR) is 77.3 cm³/mol. The van der Waals surface area contributed by atoms with Crippen molar-refractivity contribution in [1.29, 1.82) is 0 Å². The Morgan fingerprint density at radius 1 is 1.14 bits per heavy atom. The number of hydrogen-bond donors (Lipinski definition) is 1. The number of benzene rings is 1. The summed E-state index contributed by atoms with van der Waals surface area (Å²) in [6, 6.07) is 7.32. The number of nitrogens with zero attached hydrogens (tertiary/aromatic N) is 2. The highest BCUT2D eigenvalue weighted by atomic mass is 16.5. The van der Waals surface area contributed by atoms with Crippen molar-refractivity contribution in [2.75, 3.05) is 33.3 Å². The van der Waals surface area contributed by atoms with Gasteiger partial charge < -0.3 is 14.7 Å². The van der Waals surface area contributed by atoms with E-state index in [1.54, 1.807) is 12.1 Å². The summed E-state index contributed by atoms with van der Waals surface area (Å²) in [6.07, 6.45) is -0.00806. The zero-order valence-electron chi connectivity index (χ0n) is 12.1. The summed E-state index contributed by atoms with van der Waals surface area (Å²) in [5.74, 6) is -0.339. The fourth-order valence-electron chi connectivity index (χ4n) is 2.44. The van der Waals surface area contributed by atoms with Crippen molar-refractivity contribution in [2.24, 2.45) is 0 Å². The molecule has 0 spiro atoms. The van der Waals surface area contributed by atoms with Crippen LogP contribution in [-0.2, 0) is 11.3 Å². The standard InChI is InChI=1S/C15H20N2O4/c1-21-14(18)13-5-3-12(4-6-13)11-16-7-2-8-17(10-9-16)15(19)20/h3-6H,2,7-11H2,1H3,(H,19,20). The minimum absolute atomic E-state index is 0.339. The van der Waals surface area contributed by atoms with Crippen molar-refractivity contribution in [3.05, 3.63) is 35.4 Å². The molecular weight excluding hydrogens is 272 g/mol. The first-order chi connectivity index (χ1) is 10.1. The monoisotopic (exact) mass is 292 g/mol. The van der Waals surface area contributed by atoms with E-state index in [0.717, 1.165) is 31.6 Å². The fourth-order valence-corrected chi connectivity index (χ4v) is 2.44. The van der Waals surface area contributed by atoms with Gasteiger partial charge >= 0.3 is 12.1 Å². The van der Waals surface area contributed by atoms with E-state index in [4.69, 9.17) is 5.11 Å². The summed E-state index contributed by atoms with van der Waals surface area (Å²) >= 11 is 0. The summed E-state index contributed by atoms with van der Waals surface area (Å²) in [5, 5.41) is 9.01. The molecule has 0 saturated carbocycles. The number of rotatable bonds is 3. The van der Waals surface area contributed by atoms with Gasteiger partial charge in [0.2, 0.25) is 0 Å². The maximum absolute atomic E-state index is 11.4. The Morgan fingerprint density at radius 2 is 1.86 bits per heavy atom. The van der Waals surface area contributed by atoms with Crippen LogP contribution in [0.15, 0.2) is 24.3 Å². The Balaban J connectivity index is 1.92. The Labute approximate surface area is 123 Å². The molecule has 1 heterocycles. The lowest BCUT2D eigenvalue weighted by molar-refractivity contribution is 0.0600. The summed E-state index contributed by atoms with van der Waals surface area (Å²) in [4.78, 5) is 26.0. The van der Waals surface area contributed by atoms with Crippen molar-refractivity contribution >= 4 is 12.1 Å². The Kier molecular flexibility index (Phi) is 5.16. The molecule has 0 bridgehead atoms. The molecule has 1 aromatic rings. The average molecular weight is 292 g/mol. The summed E-state index contributed by atoms with van der Waals surface area (Å²) in [5.41, 5.74) is 1.64. The molecule has 6 heteroatoms. The molecule has 114 valence electrons. The van der Waals surface area contributed by atoms with E-state index in [2.05, 4.69) is 9.64 Å². The largest absolute Gasteiger partial charge is 0.465 e. The number of carbonyl (C=O) groups excluding carboxylic acids is 1. The number of ether oxygens (including phenoxy) is 1. The molecule has 1 aliphatic rings. The number of esters is 1. The Morgan fingerprint density at radius 3 is 2.48 bits per heavy atom. The van der Waals surface area contributed by atoms with Crippen LogP contribution in [0, 0.1) is 0 Å². The molecule has 1 aromatic carbocycles. The van der Waals surface area contributed by atoms with Crippen LogP contribution in [0.25, 0.3) is 0 Å². The SMILES string of the molecule is COC(=O)c1ccc(CN2CCCN(C(=O)O)CC2)cc1. The van der Waals surface area contributed by atoms with E-state index in [0.29, 0.717) is 18.7 Å². The highest BCUT2D eigenvalue weighted by molar-refractivity contribution is 5.89. The van der Waals surface area contributed by atoms with Gasteiger partial charge in [-0.15, -0.1) is 0 Å². The summed E-state index contributed by atoms with van der Waals surface area (Å²) in [6.45, 7) is 3.49. The van der Waals surface area contributed by atoms with Gasteiger partial charge in [0, 0.05) is 32.7 Å². The third kappa shape index (κ3) is 4.19. The van der Waals surface area contributed by atoms with Crippen LogP contribution < -0.4 is 0 Å². The zero-order chi connectivity index (χ0) is 15.2. The Bertz CT molecular complexity index is 501. The van der Waals surface area contributed by atoms with E-state index in [1.165, 1.54) is 12.0 Å². The van der Waals surface area contributed by atoms with E-state index in [1.807, 2.05) is 12.1 Å². The first-order valence-electron chi connectivity index (χ1n) is 6.97. The van der Waals surface area contributed by atoms with Crippen molar-refractivity contribution in [3.8, 4) is 0 Å². The highest BCUT2D eigenvalue weighted by Gasteiger charge is 2.18. The molecule has 1 fully saturated rings. The van der Waals surface area contributed by atoms with Gasteiger partial charge in [0.1, 0.15) is 0 Å². The van der Waals surface area contributed by atoms with Crippen LogP contribution in [0.2, 0.25) is 0 Å². The van der Waals surface area contributed by atoms with Crippen LogP contribution in [0.1, 0.15) is 22.3 Å². The highest BCUT2D eigenvalue weighted by Crippen LogP contribution is 2.11. The van der Waals surface area contributed by atoms with E-state index < -0.39 is 6.09 Å². The van der Waals surface area contributed by atoms with Crippen molar-refractivity contribution in [2.45, 2.75) is 13.0 Å². The zero-order valence-corrected chi connectivity index (χ0v) is 12.1. The third-order valence-corrected chi connectivity index (χ3v) is 3.64. The minimum atomic E-state index is -0.848. The predicted octanol–water partition coefficient (Wildman–Crippen LogP) is 1.66. The van der Waals surface area contributed by atoms with Gasteiger partial charge in [-0.05, 0) is 24.1 Å². The molecule has 0 unspecified atom stereocenters. The van der Waals surface area contributed by atoms with Crippen molar-refractivity contribution < 1.29 is 19.4 Å². The lowest BCUT2D eigenvalue weighted by Crippen LogP contribution is -2.33. The van der Waals surface area contributed by atoms with E-state index >= 15 is 0 Å². The van der Waals surface area contributed by atoms with Gasteiger partial charge in [-0.1, -0.05) is 12.1 Å². The number of amides is 1. The van der Waals surface area contributed by atoms with Gasteiger partial charge in [0.05, 0.1) is 12.7 Å². The number of methoxy groups -OCH3 is 1. The van der Waals surface area contributed by atoms with Crippen LogP contribution in [0.3, 0.4) is 0 Å². The molecule has 2 rings (SSSR count). The molecular formula is C15H20N2O4. The molecule has 1 N–H and O–H groups in total. The molecule has 0 radical (unpaired) electrons. The van der Waals surface area contributed by atoms with Crippen molar-refractivity contribution in [3.63, 3.8) is 0 Å². The number of carbonyl (C=O) groups is 2. The summed E-state index contributed by atoms with van der Waals surface area (Å²) < 4.78 is 4.67. The topological polar surface area (TPSA) is 70.1 Å². The van der Waals surface area contributed by atoms with Gasteiger partial charge in [-0.25, -0.2) is 9.59 Å². The van der Waals surface area contributed by atoms with Gasteiger partial charge in [0.15, 0.2) is 0 Å². The van der Waals surface area contributed by atoms with Gasteiger partial charge in [0.25, 0.3) is 0 Å². The first-order valence-corrected chi connectivity index (χ1v) is 6.97. The second-order valence-electron chi connectivity index (χ2n) is 5.09. The fraction of sp³-hybridized carbons (Fsp3) is 0.467. The molecule has 1 aliphatic heterocycles. The number of carboxylic acid groups (broad SMARTS) is 1. The molecule has 1 saturated heterocycles. The average Bonchev–Trinajstić information content (AvgIpc) is 2.73. The van der Waals surface area contributed by atoms with Gasteiger partial charge in [-0.2, -0.15) is 0 Å². The maximum Gasteiger partial charge on any atom is 0.407 e. The van der Waals surface area contributed by atoms with Gasteiger partial charge in [-0.3, -0.25) is 4.90 Å². The minimum Gasteiger partial charge on any atom is -0.465 e. The first kappa shape index (κ1) is 15.3. The second kappa shape index (κ2) is 7.08. The molecule has 0 aliphatic carbocycles. The molecule has 21 heavy (non-hydrogen) atoms. The quantitative estimate of drug-likeness (QED) is 0.858. The maximum atomic E-state index is 11.4. The van der Waals surface area contributed by atoms with Crippen LogP contribution >= 0.6 is 0 Å². The molecule has 6 nitrogen and oxygen atoms in total. The van der Waals surface area contributed by atoms with Crippen LogP contribution in [0.4, 0.5) is 4.79 Å². The summed E-state index contributed by atoms with van der Waals surface area (Å²) in [7, 11) is 1.36. The van der Waals surface area contributed by atoms with Crippen LogP contribution in [-0.4, -0.2) is 60.3 Å². The second-order valence-corrected chi connectivity index (χ2v) is 5.09. The van der Waals surface area contributed by atoms with E-state index in [-0.39, 0.29) is 5.97 Å². The lowest BCUT2D eigenvalue weighted by atomic mass is 10.1. The third-order valence-electron chi connectivity index (χ3n) is 3.64. The lowest BCUT2D eigenvalue weighted by Gasteiger charge is -2.20. The smallest absolute Gasteiger partial charge is 0.407 e. The van der Waals surface area contributed by atoms with E-state index in [9.17, 15) is 9.59 Å². The van der Waals surface area contributed by atoms with Crippen LogP contribution in [0.5, 0.6) is 0 Å².